The molecule has 0 bridgehead atoms. The molecule has 1 N–H and O–H groups in total. The first kappa shape index (κ1) is 17.8. The van der Waals surface area contributed by atoms with Gasteiger partial charge in [0.25, 0.3) is 0 Å². The lowest BCUT2D eigenvalue weighted by atomic mass is 10.2. The molecule has 0 saturated heterocycles. The van der Waals surface area contributed by atoms with Crippen molar-refractivity contribution in [1.82, 2.24) is 4.72 Å². The molecule has 4 nitrogen and oxygen atoms in total. The molecule has 0 amide bonds. The molecule has 0 aromatic heterocycles. The Balaban J connectivity index is 2.28. The van der Waals surface area contributed by atoms with Crippen LogP contribution in [0.4, 0.5) is 13.2 Å². The SMILES string of the molecule is O=S(=O)(NCc1ccccc1)c1ccc(Br)cc1OC(F)(F)F. The highest BCUT2D eigenvalue weighted by Crippen LogP contribution is 2.32. The van der Waals surface area contributed by atoms with Gasteiger partial charge in [-0.25, -0.2) is 13.1 Å². The second kappa shape index (κ2) is 6.90. The first-order valence-electron chi connectivity index (χ1n) is 6.26. The van der Waals surface area contributed by atoms with Gasteiger partial charge in [0.05, 0.1) is 0 Å². The maximum atomic E-state index is 12.4. The molecule has 0 spiro atoms. The molecule has 0 fully saturated rings. The maximum Gasteiger partial charge on any atom is 0.573 e. The Bertz CT molecular complexity index is 780. The summed E-state index contributed by atoms with van der Waals surface area (Å²) in [7, 11) is -4.17. The van der Waals surface area contributed by atoms with Crippen molar-refractivity contribution in [3.8, 4) is 5.75 Å². The van der Waals surface area contributed by atoms with Crippen molar-refractivity contribution >= 4 is 26.0 Å². The molecule has 0 aliphatic rings. The van der Waals surface area contributed by atoms with Crippen molar-refractivity contribution in [3.05, 3.63) is 58.6 Å². The van der Waals surface area contributed by atoms with E-state index in [1.165, 1.54) is 6.07 Å². The zero-order valence-electron chi connectivity index (χ0n) is 11.5. The average molecular weight is 410 g/mol. The lowest BCUT2D eigenvalue weighted by Gasteiger charge is -2.14. The minimum atomic E-state index is -5.00. The maximum absolute atomic E-state index is 12.4. The van der Waals surface area contributed by atoms with Crippen molar-refractivity contribution in [2.75, 3.05) is 0 Å². The van der Waals surface area contributed by atoms with Gasteiger partial charge in [-0.2, -0.15) is 0 Å². The van der Waals surface area contributed by atoms with Gasteiger partial charge >= 0.3 is 6.36 Å². The normalized spacial score (nSPS) is 12.2. The average Bonchev–Trinajstić information content (AvgIpc) is 2.44. The molecule has 2 rings (SSSR count). The van der Waals surface area contributed by atoms with Gasteiger partial charge in [0, 0.05) is 11.0 Å². The Morgan fingerprint density at radius 3 is 2.35 bits per heavy atom. The lowest BCUT2D eigenvalue weighted by Crippen LogP contribution is -2.25. The Labute approximate surface area is 139 Å². The molecule has 0 radical (unpaired) electrons. The van der Waals surface area contributed by atoms with E-state index >= 15 is 0 Å². The summed E-state index contributed by atoms with van der Waals surface area (Å²) in [4.78, 5) is -0.589. The van der Waals surface area contributed by atoms with Crippen molar-refractivity contribution in [2.24, 2.45) is 0 Å². The minimum absolute atomic E-state index is 0.0509. The van der Waals surface area contributed by atoms with Crippen LogP contribution in [0.2, 0.25) is 0 Å². The monoisotopic (exact) mass is 409 g/mol. The van der Waals surface area contributed by atoms with Crippen LogP contribution in [0, 0.1) is 0 Å². The van der Waals surface area contributed by atoms with Crippen molar-refractivity contribution in [1.29, 1.82) is 0 Å². The van der Waals surface area contributed by atoms with Gasteiger partial charge in [-0.05, 0) is 23.8 Å². The third-order valence-corrected chi connectivity index (χ3v) is 4.66. The summed E-state index contributed by atoms with van der Waals surface area (Å²) in [5, 5.41) is 0. The lowest BCUT2D eigenvalue weighted by molar-refractivity contribution is -0.275. The van der Waals surface area contributed by atoms with E-state index in [0.29, 0.717) is 5.56 Å². The first-order valence-corrected chi connectivity index (χ1v) is 8.54. The smallest absolute Gasteiger partial charge is 0.404 e. The summed E-state index contributed by atoms with van der Waals surface area (Å²) in [6.45, 7) is -0.0509. The Morgan fingerprint density at radius 2 is 1.74 bits per heavy atom. The van der Waals surface area contributed by atoms with Crippen LogP contribution in [0.25, 0.3) is 0 Å². The van der Waals surface area contributed by atoms with Gasteiger partial charge in [-0.1, -0.05) is 46.3 Å². The largest absolute Gasteiger partial charge is 0.573 e. The standard InChI is InChI=1S/C14H11BrF3NO3S/c15-11-6-7-13(12(8-11)22-14(16,17)18)23(20,21)19-9-10-4-2-1-3-5-10/h1-8,19H,9H2. The van der Waals surface area contributed by atoms with Crippen molar-refractivity contribution in [3.63, 3.8) is 0 Å². The number of benzene rings is 2. The van der Waals surface area contributed by atoms with E-state index < -0.39 is 27.0 Å². The van der Waals surface area contributed by atoms with Crippen LogP contribution in [0.15, 0.2) is 57.9 Å². The second-order valence-corrected chi connectivity index (χ2v) is 7.10. The van der Waals surface area contributed by atoms with E-state index in [1.54, 1.807) is 30.3 Å². The van der Waals surface area contributed by atoms with E-state index in [-0.39, 0.29) is 11.0 Å². The van der Waals surface area contributed by atoms with Gasteiger partial charge in [-0.3, -0.25) is 0 Å². The number of alkyl halides is 3. The summed E-state index contributed by atoms with van der Waals surface area (Å²) in [5.41, 5.74) is 0.673. The molecule has 0 unspecified atom stereocenters. The topological polar surface area (TPSA) is 55.4 Å². The fraction of sp³-hybridized carbons (Fsp3) is 0.143. The predicted octanol–water partition coefficient (Wildman–Crippen LogP) is 3.83. The fourth-order valence-corrected chi connectivity index (χ4v) is 3.23. The summed E-state index contributed by atoms with van der Waals surface area (Å²) in [5.74, 6) is -0.799. The number of sulfonamides is 1. The first-order chi connectivity index (χ1) is 10.7. The quantitative estimate of drug-likeness (QED) is 0.816. The van der Waals surface area contributed by atoms with Gasteiger partial charge in [-0.15, -0.1) is 13.2 Å². The van der Waals surface area contributed by atoms with E-state index in [0.717, 1.165) is 12.1 Å². The fourth-order valence-electron chi connectivity index (χ4n) is 1.76. The molecular weight excluding hydrogens is 399 g/mol. The number of hydrogen-bond acceptors (Lipinski definition) is 3. The molecular formula is C14H11BrF3NO3S. The van der Waals surface area contributed by atoms with Crippen molar-refractivity contribution in [2.45, 2.75) is 17.8 Å². The number of rotatable bonds is 5. The zero-order chi connectivity index (χ0) is 17.1. The second-order valence-electron chi connectivity index (χ2n) is 4.45. The number of ether oxygens (including phenoxy) is 1. The van der Waals surface area contributed by atoms with Crippen LogP contribution in [-0.2, 0) is 16.6 Å². The molecule has 0 heterocycles. The molecule has 23 heavy (non-hydrogen) atoms. The highest BCUT2D eigenvalue weighted by Gasteiger charge is 2.34. The summed E-state index contributed by atoms with van der Waals surface area (Å²) in [6.07, 6.45) is -5.00. The van der Waals surface area contributed by atoms with Gasteiger partial charge in [0.1, 0.15) is 4.90 Å². The molecule has 124 valence electrons. The summed E-state index contributed by atoms with van der Waals surface area (Å²) in [6, 6.07) is 11.9. The van der Waals surface area contributed by atoms with Gasteiger partial charge < -0.3 is 4.74 Å². The molecule has 0 aliphatic heterocycles. The summed E-state index contributed by atoms with van der Waals surface area (Å²) >= 11 is 2.98. The van der Waals surface area contributed by atoms with Crippen LogP contribution < -0.4 is 9.46 Å². The molecule has 2 aromatic rings. The molecule has 0 atom stereocenters. The van der Waals surface area contributed by atoms with Crippen molar-refractivity contribution < 1.29 is 26.3 Å². The Kier molecular flexibility index (Phi) is 5.33. The van der Waals surface area contributed by atoms with E-state index in [4.69, 9.17) is 0 Å². The molecule has 0 saturated carbocycles. The molecule has 2 aromatic carbocycles. The van der Waals surface area contributed by atoms with E-state index in [1.807, 2.05) is 0 Å². The number of halogens is 4. The Morgan fingerprint density at radius 1 is 1.09 bits per heavy atom. The van der Waals surface area contributed by atoms with Crippen LogP contribution in [0.1, 0.15) is 5.56 Å². The third-order valence-electron chi connectivity index (χ3n) is 2.73. The van der Waals surface area contributed by atoms with Crippen LogP contribution in [0.3, 0.4) is 0 Å². The summed E-state index contributed by atoms with van der Waals surface area (Å²) < 4.78 is 68.1. The zero-order valence-corrected chi connectivity index (χ0v) is 13.9. The van der Waals surface area contributed by atoms with Crippen LogP contribution in [-0.4, -0.2) is 14.8 Å². The number of hydrogen-bond donors (Lipinski definition) is 1. The number of nitrogens with one attached hydrogen (secondary N) is 1. The van der Waals surface area contributed by atoms with E-state index in [2.05, 4.69) is 25.4 Å². The minimum Gasteiger partial charge on any atom is -0.404 e. The highest BCUT2D eigenvalue weighted by atomic mass is 79.9. The highest BCUT2D eigenvalue weighted by molar-refractivity contribution is 9.10. The van der Waals surface area contributed by atoms with Gasteiger partial charge in [0.2, 0.25) is 10.0 Å². The molecule has 0 aliphatic carbocycles. The van der Waals surface area contributed by atoms with E-state index in [9.17, 15) is 21.6 Å². The van der Waals surface area contributed by atoms with Crippen LogP contribution >= 0.6 is 15.9 Å². The molecule has 9 heteroatoms. The Hall–Kier alpha value is -1.58. The van der Waals surface area contributed by atoms with Crippen LogP contribution in [0.5, 0.6) is 5.75 Å². The predicted molar refractivity (Wildman–Crippen MR) is 81.3 cm³/mol. The van der Waals surface area contributed by atoms with Gasteiger partial charge in [0.15, 0.2) is 5.75 Å². The third kappa shape index (κ3) is 5.22.